The van der Waals surface area contributed by atoms with Gasteiger partial charge in [0.2, 0.25) is 0 Å². The fraction of sp³-hybridized carbons (Fsp3) is 0.727. The number of hydrogen-bond acceptors (Lipinski definition) is 6. The molecule has 1 saturated heterocycles. The van der Waals surface area contributed by atoms with E-state index in [0.29, 0.717) is 0 Å². The molecule has 9 heteroatoms. The van der Waals surface area contributed by atoms with E-state index in [0.717, 1.165) is 25.9 Å². The summed E-state index contributed by atoms with van der Waals surface area (Å²) >= 11 is 0. The smallest absolute Gasteiger partial charge is 0.414 e. The molecule has 0 atom stereocenters. The molecule has 118 valence electrons. The van der Waals surface area contributed by atoms with Crippen LogP contribution in [0.15, 0.2) is 0 Å². The molecule has 1 heterocycles. The summed E-state index contributed by atoms with van der Waals surface area (Å²) in [6, 6.07) is 0. The summed E-state index contributed by atoms with van der Waals surface area (Å²) in [7, 11) is 3.43. The first-order valence-electron chi connectivity index (χ1n) is 5.88. The molecule has 1 aliphatic heterocycles. The molecular formula is C11H22N2O7. The topological polar surface area (TPSA) is 147 Å². The summed E-state index contributed by atoms with van der Waals surface area (Å²) in [5.74, 6) is -4.44. The maximum atomic E-state index is 9.77. The van der Waals surface area contributed by atoms with Gasteiger partial charge < -0.3 is 25.7 Å². The van der Waals surface area contributed by atoms with Crippen molar-refractivity contribution in [3.05, 3.63) is 0 Å². The predicted molar refractivity (Wildman–Crippen MR) is 69.6 cm³/mol. The van der Waals surface area contributed by atoms with Crippen molar-refractivity contribution in [1.29, 1.82) is 0 Å². The number of carboxylic acid groups (broad SMARTS) is 3. The molecule has 0 spiro atoms. The van der Waals surface area contributed by atoms with Gasteiger partial charge in [0.25, 0.3) is 0 Å². The van der Waals surface area contributed by atoms with Crippen LogP contribution in [0.4, 0.5) is 0 Å². The lowest BCUT2D eigenvalue weighted by Crippen LogP contribution is -2.30. The predicted octanol–water partition coefficient (Wildman–Crippen LogP) is -1.48. The Kier molecular flexibility index (Phi) is 12.7. The van der Waals surface area contributed by atoms with E-state index in [4.69, 9.17) is 30.0 Å². The molecule has 0 radical (unpaired) electrons. The van der Waals surface area contributed by atoms with E-state index in [1.54, 1.807) is 19.0 Å². The Labute approximate surface area is 116 Å². The number of likely N-dealkylation sites (N-methyl/N-ethyl adjacent to an activating group) is 1. The molecule has 5 N–H and O–H groups in total. The van der Waals surface area contributed by atoms with Gasteiger partial charge in [0.05, 0.1) is 12.6 Å². The van der Waals surface area contributed by atoms with Gasteiger partial charge >= 0.3 is 17.9 Å². The van der Waals surface area contributed by atoms with E-state index in [1.165, 1.54) is 0 Å². The highest BCUT2D eigenvalue weighted by Crippen LogP contribution is 1.99. The van der Waals surface area contributed by atoms with Gasteiger partial charge in [0.15, 0.2) is 0 Å². The van der Waals surface area contributed by atoms with Crippen molar-refractivity contribution >= 4 is 17.9 Å². The minimum atomic E-state index is -1.82. The summed E-state index contributed by atoms with van der Waals surface area (Å²) in [5, 5.41) is 34.8. The zero-order valence-electron chi connectivity index (χ0n) is 11.6. The molecule has 0 aromatic heterocycles. The standard InChI is InChI=1S/C5H11NO.C4H9NO2.C2H2O4/c7-5-1-3-6-4-2-5;1-5(2)3-4(6)7;3-1(4)2(5)6/h5-7H,1-4H2;3H2,1-2H3,(H,6,7);(H,3,4)(H,5,6). The summed E-state index contributed by atoms with van der Waals surface area (Å²) in [4.78, 5) is 29.6. The molecule has 9 nitrogen and oxygen atoms in total. The summed E-state index contributed by atoms with van der Waals surface area (Å²) < 4.78 is 0. The van der Waals surface area contributed by atoms with Gasteiger partial charge in [-0.05, 0) is 40.0 Å². The molecule has 0 amide bonds. The van der Waals surface area contributed by atoms with Crippen molar-refractivity contribution < 1.29 is 34.8 Å². The molecule has 0 aromatic carbocycles. The van der Waals surface area contributed by atoms with Crippen molar-refractivity contribution in [2.24, 2.45) is 0 Å². The van der Waals surface area contributed by atoms with E-state index in [9.17, 15) is 4.79 Å². The minimum Gasteiger partial charge on any atom is -0.480 e. The van der Waals surface area contributed by atoms with Crippen molar-refractivity contribution in [1.82, 2.24) is 10.2 Å². The third-order valence-corrected chi connectivity index (χ3v) is 1.94. The second-order valence-corrected chi connectivity index (χ2v) is 4.22. The molecule has 0 unspecified atom stereocenters. The van der Waals surface area contributed by atoms with Gasteiger partial charge in [-0.3, -0.25) is 9.69 Å². The van der Waals surface area contributed by atoms with Crippen LogP contribution in [0.5, 0.6) is 0 Å². The summed E-state index contributed by atoms with van der Waals surface area (Å²) in [5.41, 5.74) is 0. The van der Waals surface area contributed by atoms with E-state index in [2.05, 4.69) is 5.32 Å². The molecule has 1 aliphatic rings. The number of aliphatic hydroxyl groups is 1. The van der Waals surface area contributed by atoms with Crippen LogP contribution in [0.2, 0.25) is 0 Å². The number of aliphatic carboxylic acids is 3. The molecule has 0 bridgehead atoms. The van der Waals surface area contributed by atoms with Gasteiger partial charge in [-0.1, -0.05) is 0 Å². The normalized spacial score (nSPS) is 14.4. The number of carboxylic acids is 3. The Hall–Kier alpha value is -1.71. The highest BCUT2D eigenvalue weighted by Gasteiger charge is 2.06. The Balaban J connectivity index is 0. The first kappa shape index (κ1) is 20.6. The highest BCUT2D eigenvalue weighted by molar-refractivity contribution is 6.27. The van der Waals surface area contributed by atoms with Crippen LogP contribution in [-0.4, -0.2) is 83.1 Å². The SMILES string of the molecule is CN(C)CC(=O)O.O=C(O)C(=O)O.OC1CCNCC1. The second kappa shape index (κ2) is 12.3. The number of piperidine rings is 1. The Morgan fingerprint density at radius 2 is 1.45 bits per heavy atom. The highest BCUT2D eigenvalue weighted by atomic mass is 16.4. The zero-order valence-corrected chi connectivity index (χ0v) is 11.6. The quantitative estimate of drug-likeness (QED) is 0.384. The first-order valence-corrected chi connectivity index (χ1v) is 5.88. The lowest BCUT2D eigenvalue weighted by atomic mass is 10.1. The van der Waals surface area contributed by atoms with Crippen LogP contribution in [0.25, 0.3) is 0 Å². The molecule has 0 aliphatic carbocycles. The van der Waals surface area contributed by atoms with Crippen molar-refractivity contribution in [3.63, 3.8) is 0 Å². The fourth-order valence-corrected chi connectivity index (χ4v) is 1.08. The molecule has 0 saturated carbocycles. The maximum absolute atomic E-state index is 9.77. The monoisotopic (exact) mass is 294 g/mol. The number of rotatable bonds is 2. The van der Waals surface area contributed by atoms with E-state index >= 15 is 0 Å². The Morgan fingerprint density at radius 3 is 1.55 bits per heavy atom. The Bertz CT molecular complexity index is 289. The maximum Gasteiger partial charge on any atom is 0.414 e. The third kappa shape index (κ3) is 18.6. The molecule has 1 rings (SSSR count). The molecule has 0 aromatic rings. The van der Waals surface area contributed by atoms with Gasteiger partial charge in [-0.2, -0.15) is 0 Å². The third-order valence-electron chi connectivity index (χ3n) is 1.94. The van der Waals surface area contributed by atoms with E-state index in [1.807, 2.05) is 0 Å². The van der Waals surface area contributed by atoms with Crippen molar-refractivity contribution in [2.45, 2.75) is 18.9 Å². The fourth-order valence-electron chi connectivity index (χ4n) is 1.08. The van der Waals surface area contributed by atoms with Crippen molar-refractivity contribution in [2.75, 3.05) is 33.7 Å². The van der Waals surface area contributed by atoms with Gasteiger partial charge in [-0.25, -0.2) is 9.59 Å². The minimum absolute atomic E-state index is 0.0266. The average Bonchev–Trinajstić information content (AvgIpc) is 2.29. The summed E-state index contributed by atoms with van der Waals surface area (Å²) in [6.45, 7) is 2.09. The van der Waals surface area contributed by atoms with Crippen LogP contribution in [0, 0.1) is 0 Å². The van der Waals surface area contributed by atoms with Crippen LogP contribution < -0.4 is 5.32 Å². The molecule has 20 heavy (non-hydrogen) atoms. The van der Waals surface area contributed by atoms with Gasteiger partial charge in [0.1, 0.15) is 0 Å². The van der Waals surface area contributed by atoms with Gasteiger partial charge in [0, 0.05) is 0 Å². The number of carbonyl (C=O) groups is 3. The largest absolute Gasteiger partial charge is 0.480 e. The van der Waals surface area contributed by atoms with Crippen LogP contribution >= 0.6 is 0 Å². The second-order valence-electron chi connectivity index (χ2n) is 4.22. The first-order chi connectivity index (χ1) is 9.16. The van der Waals surface area contributed by atoms with Crippen molar-refractivity contribution in [3.8, 4) is 0 Å². The van der Waals surface area contributed by atoms with Crippen LogP contribution in [-0.2, 0) is 14.4 Å². The number of aliphatic hydroxyl groups excluding tert-OH is 1. The van der Waals surface area contributed by atoms with Crippen LogP contribution in [0.3, 0.4) is 0 Å². The lowest BCUT2D eigenvalue weighted by molar-refractivity contribution is -0.159. The van der Waals surface area contributed by atoms with Gasteiger partial charge in [-0.15, -0.1) is 0 Å². The lowest BCUT2D eigenvalue weighted by Gasteiger charge is -2.16. The average molecular weight is 294 g/mol. The molecule has 1 fully saturated rings. The number of hydrogen-bond donors (Lipinski definition) is 5. The van der Waals surface area contributed by atoms with Crippen LogP contribution in [0.1, 0.15) is 12.8 Å². The summed E-state index contributed by atoms with van der Waals surface area (Å²) in [6.07, 6.45) is 1.83. The number of nitrogens with zero attached hydrogens (tertiary/aromatic N) is 1. The number of nitrogens with one attached hydrogen (secondary N) is 1. The zero-order chi connectivity index (χ0) is 16.1. The van der Waals surface area contributed by atoms with E-state index < -0.39 is 17.9 Å². The van der Waals surface area contributed by atoms with E-state index in [-0.39, 0.29) is 12.6 Å². The Morgan fingerprint density at radius 1 is 1.05 bits per heavy atom. The molecular weight excluding hydrogens is 272 g/mol.